The van der Waals surface area contributed by atoms with Crippen LogP contribution in [0.5, 0.6) is 11.5 Å². The van der Waals surface area contributed by atoms with Gasteiger partial charge in [0, 0.05) is 0 Å². The highest BCUT2D eigenvalue weighted by molar-refractivity contribution is 9.09. The van der Waals surface area contributed by atoms with Crippen molar-refractivity contribution in [3.05, 3.63) is 23.8 Å². The van der Waals surface area contributed by atoms with Gasteiger partial charge in [0.15, 0.2) is 16.5 Å². The monoisotopic (exact) mass is 287 g/mol. The topological polar surface area (TPSA) is 61.6 Å². The fourth-order valence-corrected chi connectivity index (χ4v) is 1.39. The molecule has 0 aliphatic heterocycles. The SMILES string of the molecule is CCC(Br)Oc1c(OC)cccc1C(N)=O. The molecule has 0 heterocycles. The number of para-hydroxylation sites is 1. The van der Waals surface area contributed by atoms with Crippen molar-refractivity contribution in [2.75, 3.05) is 7.11 Å². The molecule has 0 saturated carbocycles. The summed E-state index contributed by atoms with van der Waals surface area (Å²) in [6.07, 6.45) is 0.760. The Hall–Kier alpha value is -1.23. The maximum Gasteiger partial charge on any atom is 0.252 e. The molecule has 1 aromatic carbocycles. The van der Waals surface area contributed by atoms with Crippen molar-refractivity contribution in [1.82, 2.24) is 0 Å². The number of carbonyl (C=O) groups excluding carboxylic acids is 1. The van der Waals surface area contributed by atoms with Gasteiger partial charge in [-0.15, -0.1) is 0 Å². The molecule has 0 aromatic heterocycles. The van der Waals surface area contributed by atoms with Crippen LogP contribution in [-0.2, 0) is 0 Å². The number of benzene rings is 1. The molecule has 1 unspecified atom stereocenters. The van der Waals surface area contributed by atoms with Crippen LogP contribution in [0.15, 0.2) is 18.2 Å². The van der Waals surface area contributed by atoms with Crippen LogP contribution in [0, 0.1) is 0 Å². The number of ether oxygens (including phenoxy) is 2. The van der Waals surface area contributed by atoms with Crippen LogP contribution in [0.1, 0.15) is 23.7 Å². The number of methoxy groups -OCH3 is 1. The van der Waals surface area contributed by atoms with Gasteiger partial charge in [-0.05, 0) is 34.5 Å². The molecule has 1 amide bonds. The van der Waals surface area contributed by atoms with Gasteiger partial charge in [0.05, 0.1) is 12.7 Å². The standard InChI is InChI=1S/C11H14BrNO3/c1-3-9(12)16-10-7(11(13)14)5-4-6-8(10)15-2/h4-6,9H,3H2,1-2H3,(H2,13,14). The van der Waals surface area contributed by atoms with Crippen molar-refractivity contribution < 1.29 is 14.3 Å². The van der Waals surface area contributed by atoms with Gasteiger partial charge in [-0.1, -0.05) is 13.0 Å². The summed E-state index contributed by atoms with van der Waals surface area (Å²) >= 11 is 3.33. The summed E-state index contributed by atoms with van der Waals surface area (Å²) in [6.45, 7) is 1.96. The van der Waals surface area contributed by atoms with Crippen LogP contribution in [0.2, 0.25) is 0 Å². The first-order valence-corrected chi connectivity index (χ1v) is 5.79. The fraction of sp³-hybridized carbons (Fsp3) is 0.364. The first-order valence-electron chi connectivity index (χ1n) is 4.87. The molecule has 5 heteroatoms. The average Bonchev–Trinajstić information content (AvgIpc) is 2.28. The Labute approximate surface area is 103 Å². The molecule has 1 atom stereocenters. The Morgan fingerprint density at radius 3 is 2.75 bits per heavy atom. The third kappa shape index (κ3) is 2.88. The Morgan fingerprint density at radius 1 is 1.56 bits per heavy atom. The molecular weight excluding hydrogens is 274 g/mol. The molecule has 16 heavy (non-hydrogen) atoms. The third-order valence-electron chi connectivity index (χ3n) is 2.03. The Kier molecular flexibility index (Phi) is 4.61. The van der Waals surface area contributed by atoms with Crippen molar-refractivity contribution >= 4 is 21.8 Å². The Bertz CT molecular complexity index is 381. The molecule has 2 N–H and O–H groups in total. The largest absolute Gasteiger partial charge is 0.493 e. The Morgan fingerprint density at radius 2 is 2.25 bits per heavy atom. The minimum absolute atomic E-state index is 0.179. The van der Waals surface area contributed by atoms with Crippen molar-refractivity contribution in [3.8, 4) is 11.5 Å². The van der Waals surface area contributed by atoms with Crippen LogP contribution in [0.3, 0.4) is 0 Å². The number of amides is 1. The van der Waals surface area contributed by atoms with Crippen molar-refractivity contribution in [2.24, 2.45) is 5.73 Å². The number of hydrogen-bond acceptors (Lipinski definition) is 3. The molecule has 0 aliphatic rings. The van der Waals surface area contributed by atoms with E-state index in [9.17, 15) is 4.79 Å². The second-order valence-electron chi connectivity index (χ2n) is 3.14. The van der Waals surface area contributed by atoms with Gasteiger partial charge >= 0.3 is 0 Å². The second-order valence-corrected chi connectivity index (χ2v) is 4.16. The molecule has 4 nitrogen and oxygen atoms in total. The predicted molar refractivity (Wildman–Crippen MR) is 65.1 cm³/mol. The summed E-state index contributed by atoms with van der Waals surface area (Å²) in [4.78, 5) is 11.2. The highest BCUT2D eigenvalue weighted by atomic mass is 79.9. The summed E-state index contributed by atoms with van der Waals surface area (Å²) in [5.41, 5.74) is 5.58. The van der Waals surface area contributed by atoms with Crippen molar-refractivity contribution in [2.45, 2.75) is 18.4 Å². The zero-order chi connectivity index (χ0) is 12.1. The van der Waals surface area contributed by atoms with E-state index in [0.717, 1.165) is 6.42 Å². The fourth-order valence-electron chi connectivity index (χ4n) is 1.20. The van der Waals surface area contributed by atoms with E-state index < -0.39 is 5.91 Å². The van der Waals surface area contributed by atoms with Crippen molar-refractivity contribution in [3.63, 3.8) is 0 Å². The van der Waals surface area contributed by atoms with Gasteiger partial charge in [-0.2, -0.15) is 0 Å². The van der Waals surface area contributed by atoms with Gasteiger partial charge in [0.2, 0.25) is 0 Å². The van der Waals surface area contributed by atoms with E-state index in [1.165, 1.54) is 7.11 Å². The van der Waals surface area contributed by atoms with Gasteiger partial charge in [0.1, 0.15) is 0 Å². The molecule has 0 spiro atoms. The van der Waals surface area contributed by atoms with Gasteiger partial charge in [-0.25, -0.2) is 0 Å². The molecule has 1 aromatic rings. The average molecular weight is 288 g/mol. The number of hydrogen-bond donors (Lipinski definition) is 1. The summed E-state index contributed by atoms with van der Waals surface area (Å²) in [5.74, 6) is 0.333. The van der Waals surface area contributed by atoms with E-state index in [-0.39, 0.29) is 5.01 Å². The Balaban J connectivity index is 3.14. The predicted octanol–water partition coefficient (Wildman–Crippen LogP) is 2.30. The van der Waals surface area contributed by atoms with Crippen molar-refractivity contribution in [1.29, 1.82) is 0 Å². The summed E-state index contributed by atoms with van der Waals surface area (Å²) in [6, 6.07) is 5.02. The highest BCUT2D eigenvalue weighted by Crippen LogP contribution is 2.32. The molecule has 88 valence electrons. The van der Waals surface area contributed by atoms with Crippen LogP contribution in [0.25, 0.3) is 0 Å². The lowest BCUT2D eigenvalue weighted by atomic mass is 10.2. The van der Waals surface area contributed by atoms with Crippen LogP contribution < -0.4 is 15.2 Å². The van der Waals surface area contributed by atoms with Crippen LogP contribution in [0.4, 0.5) is 0 Å². The smallest absolute Gasteiger partial charge is 0.252 e. The van der Waals surface area contributed by atoms with E-state index in [2.05, 4.69) is 15.9 Å². The van der Waals surface area contributed by atoms with E-state index in [4.69, 9.17) is 15.2 Å². The summed E-state index contributed by atoms with van der Waals surface area (Å²) in [5, 5.41) is -0.179. The lowest BCUT2D eigenvalue weighted by Crippen LogP contribution is -2.16. The van der Waals surface area contributed by atoms with Crippen LogP contribution >= 0.6 is 15.9 Å². The zero-order valence-corrected chi connectivity index (χ0v) is 10.8. The molecule has 1 rings (SSSR count). The van der Waals surface area contributed by atoms with E-state index in [0.29, 0.717) is 17.1 Å². The maximum absolute atomic E-state index is 11.2. The molecule has 0 bridgehead atoms. The molecular formula is C11H14BrNO3. The molecule has 0 fully saturated rings. The van der Waals surface area contributed by atoms with Gasteiger partial charge in [0.25, 0.3) is 5.91 Å². The summed E-state index contributed by atoms with van der Waals surface area (Å²) in [7, 11) is 1.52. The number of carbonyl (C=O) groups is 1. The quantitative estimate of drug-likeness (QED) is 0.846. The lowest BCUT2D eigenvalue weighted by Gasteiger charge is -2.16. The third-order valence-corrected chi connectivity index (χ3v) is 2.87. The normalized spacial score (nSPS) is 11.9. The number of nitrogens with two attached hydrogens (primary N) is 1. The molecule has 0 saturated heterocycles. The van der Waals surface area contributed by atoms with E-state index >= 15 is 0 Å². The number of rotatable bonds is 5. The van der Waals surface area contributed by atoms with E-state index in [1.807, 2.05) is 6.92 Å². The first-order chi connectivity index (χ1) is 7.60. The number of alkyl halides is 1. The minimum atomic E-state index is -0.537. The lowest BCUT2D eigenvalue weighted by molar-refractivity contribution is 0.0995. The first kappa shape index (κ1) is 12.8. The zero-order valence-electron chi connectivity index (χ0n) is 9.20. The minimum Gasteiger partial charge on any atom is -0.493 e. The number of primary amides is 1. The molecule has 0 aliphatic carbocycles. The van der Waals surface area contributed by atoms with E-state index in [1.54, 1.807) is 18.2 Å². The maximum atomic E-state index is 11.2. The van der Waals surface area contributed by atoms with Gasteiger partial charge < -0.3 is 15.2 Å². The number of halogens is 1. The second kappa shape index (κ2) is 5.75. The molecule has 0 radical (unpaired) electrons. The van der Waals surface area contributed by atoms with Crippen LogP contribution in [-0.4, -0.2) is 18.0 Å². The van der Waals surface area contributed by atoms with Gasteiger partial charge in [-0.3, -0.25) is 4.79 Å². The summed E-state index contributed by atoms with van der Waals surface area (Å²) < 4.78 is 10.7. The highest BCUT2D eigenvalue weighted by Gasteiger charge is 2.16.